The number of nitrogens with one attached hydrogen (secondary N) is 1. The number of nitrogens with zero attached hydrogens (tertiary/aromatic N) is 15. The van der Waals surface area contributed by atoms with Gasteiger partial charge in [-0.2, -0.15) is 15.0 Å². The van der Waals surface area contributed by atoms with Gasteiger partial charge >= 0.3 is 58.6 Å². The van der Waals surface area contributed by atoms with Crippen molar-refractivity contribution < 1.29 is 160 Å². The SMILES string of the molecule is CC[C@H]1O[C@@H](n2cnc3c(N)ncnc32)C[C@H]1OP(O)(=S)OC[C@H]1O[C@@H](n2cc(C)c(N)nc2=O)C(OCCOC)[C@H]1OP(=O)(O)OC[C@H]1O[C@@H](n2cc(C)c(N)nc2=O)C(OCCOC)[C@H]1OP(=O)(O)OC[C@H]1O[C@@H](n2cnc3c(N)ncnc32)C(OCCOC)[C@H]1OP(O)(=S)OC[C@H]1O[C@@H](n2cc(C)c(=O)[nH]c2=O)C(OCCOC)[C@H]1OP(O)(=S)OC[C@H]1O[C@@H](n2cc(C)c(N)nc2=O)C(OCCOC)[C@H]1O. The van der Waals surface area contributed by atoms with E-state index in [1.165, 1.54) is 98.5 Å². The number of aromatic amines is 1. The summed E-state index contributed by atoms with van der Waals surface area (Å²) >= 11 is 17.1. The van der Waals surface area contributed by atoms with Crippen LogP contribution < -0.4 is 57.0 Å². The maximum absolute atomic E-state index is 15.5. The number of aliphatic hydroxyl groups excluding tert-OH is 1. The Morgan fingerprint density at radius 1 is 0.389 bits per heavy atom. The fourth-order valence-corrected chi connectivity index (χ4v) is 22.7. The number of imidazole rings is 2. The summed E-state index contributed by atoms with van der Waals surface area (Å²) in [4.78, 5) is 169. The molecule has 6 saturated heterocycles. The molecule has 17 N–H and O–H groups in total. The Morgan fingerprint density at radius 3 is 1.11 bits per heavy atom. The third-order valence-electron chi connectivity index (χ3n) is 23.4. The lowest BCUT2D eigenvalue weighted by Crippen LogP contribution is -2.41. The van der Waals surface area contributed by atoms with Crippen LogP contribution in [0.2, 0.25) is 0 Å². The Hall–Kier alpha value is -7.45. The highest BCUT2D eigenvalue weighted by Gasteiger charge is 2.59. The van der Waals surface area contributed by atoms with Crippen molar-refractivity contribution in [1.82, 2.24) is 77.2 Å². The second kappa shape index (κ2) is 48.7. The van der Waals surface area contributed by atoms with Crippen LogP contribution >= 0.6 is 35.8 Å². The number of hydrogen-bond acceptors (Lipinski definition) is 51. The van der Waals surface area contributed by atoms with Crippen molar-refractivity contribution in [2.24, 2.45) is 0 Å². The third-order valence-corrected chi connectivity index (χ3v) is 30.1. The van der Waals surface area contributed by atoms with Gasteiger partial charge in [-0.15, -0.1) is 0 Å². The van der Waals surface area contributed by atoms with E-state index >= 15 is 9.13 Å². The number of anilines is 5. The summed E-state index contributed by atoms with van der Waals surface area (Å²) in [7, 11) is -4.99. The zero-order valence-electron chi connectivity index (χ0n) is 78.6. The smallest absolute Gasteiger partial charge is 0.387 e. The number of methoxy groups -OCH3 is 5. The van der Waals surface area contributed by atoms with Crippen LogP contribution in [-0.4, -0.2) is 345 Å². The number of H-pyrrole nitrogens is 1. The van der Waals surface area contributed by atoms with Gasteiger partial charge in [-0.1, -0.05) is 6.92 Å². The molecule has 6 aliphatic rings. The Balaban J connectivity index is 0.754. The largest absolute Gasteiger partial charge is 0.472 e. The van der Waals surface area contributed by atoms with Gasteiger partial charge < -0.3 is 152 Å². The third kappa shape index (κ3) is 26.6. The molecule has 0 bridgehead atoms. The molecule has 8 aromatic rings. The number of hydrogen-bond donors (Lipinski definition) is 12. The van der Waals surface area contributed by atoms with Crippen molar-refractivity contribution in [1.29, 1.82) is 0 Å². The fraction of sp³-hybridized carbons (Fsp3) is 0.658. The van der Waals surface area contributed by atoms with E-state index in [0.29, 0.717) is 23.1 Å². The predicted octanol–water partition coefficient (Wildman–Crippen LogP) is -1.30. The number of nitrogen functional groups attached to an aromatic ring is 5. The molecule has 8 aromatic heterocycles. The molecule has 14 heterocycles. The molecule has 28 atom stereocenters. The molecular formula is C76H112N21O39P5S3. The highest BCUT2D eigenvalue weighted by molar-refractivity contribution is 8.07. The second-order valence-corrected chi connectivity index (χ2v) is 44.3. The van der Waals surface area contributed by atoms with Crippen LogP contribution in [0.1, 0.15) is 79.4 Å². The number of aryl methyl sites for hydroxylation is 4. The van der Waals surface area contributed by atoms with Crippen molar-refractivity contribution in [2.45, 2.75) is 189 Å². The summed E-state index contributed by atoms with van der Waals surface area (Å²) in [6, 6.07) is 0. The number of rotatable bonds is 52. The van der Waals surface area contributed by atoms with Gasteiger partial charge in [-0.25, -0.2) is 58.2 Å². The maximum atomic E-state index is 15.5. The number of nitrogens with two attached hydrogens (primary N) is 5. The average Bonchev–Trinajstić information content (AvgIpc) is 1.29. The molecule has 6 fully saturated rings. The first kappa shape index (κ1) is 112. The quantitative estimate of drug-likeness (QED) is 0.0156. The Bertz CT molecular complexity index is 6360. The van der Waals surface area contributed by atoms with Gasteiger partial charge in [0.1, 0.15) is 139 Å². The molecule has 14 rings (SSSR count). The summed E-state index contributed by atoms with van der Waals surface area (Å²) in [6.07, 6.45) is -26.2. The molecule has 10 unspecified atom stereocenters. The van der Waals surface area contributed by atoms with Gasteiger partial charge in [0, 0.05) is 89.0 Å². The van der Waals surface area contributed by atoms with E-state index in [0.717, 1.165) is 30.8 Å². The van der Waals surface area contributed by atoms with E-state index in [1.807, 2.05) is 0 Å². The summed E-state index contributed by atoms with van der Waals surface area (Å²) in [6.45, 7) is -13.7. The van der Waals surface area contributed by atoms with Crippen molar-refractivity contribution >= 4 is 123 Å². The van der Waals surface area contributed by atoms with E-state index in [1.54, 1.807) is 18.4 Å². The summed E-state index contributed by atoms with van der Waals surface area (Å²) < 4.78 is 195. The van der Waals surface area contributed by atoms with Crippen LogP contribution in [0.3, 0.4) is 0 Å². The predicted molar refractivity (Wildman–Crippen MR) is 504 cm³/mol. The zero-order chi connectivity index (χ0) is 104. The molecule has 0 aromatic carbocycles. The molecule has 0 saturated carbocycles. The first-order chi connectivity index (χ1) is 68.5. The van der Waals surface area contributed by atoms with E-state index in [9.17, 15) is 53.5 Å². The van der Waals surface area contributed by atoms with Gasteiger partial charge in [-0.05, 0) is 69.5 Å². The van der Waals surface area contributed by atoms with Crippen LogP contribution in [-0.2, 0) is 166 Å². The molecule has 60 nitrogen and oxygen atoms in total. The number of ether oxygens (including phenoxy) is 16. The van der Waals surface area contributed by atoms with Crippen LogP contribution in [0.15, 0.2) is 74.1 Å². The molecule has 6 aliphatic heterocycles. The van der Waals surface area contributed by atoms with E-state index in [4.69, 9.17) is 185 Å². The Kier molecular flexibility index (Phi) is 37.9. The van der Waals surface area contributed by atoms with Crippen LogP contribution in [0.5, 0.6) is 0 Å². The molecule has 0 spiro atoms. The topological polar surface area (TPSA) is 772 Å². The van der Waals surface area contributed by atoms with Crippen molar-refractivity contribution in [3.8, 4) is 0 Å². The van der Waals surface area contributed by atoms with E-state index in [2.05, 4.69) is 49.8 Å². The van der Waals surface area contributed by atoms with Gasteiger partial charge in [0.25, 0.3) is 5.56 Å². The zero-order valence-corrected chi connectivity index (χ0v) is 85.6. The van der Waals surface area contributed by atoms with Crippen molar-refractivity contribution in [3.63, 3.8) is 0 Å². The molecule has 144 heavy (non-hydrogen) atoms. The second-order valence-electron chi connectivity index (χ2n) is 33.1. The number of phosphoric acid groups is 2. The molecule has 68 heteroatoms. The average molecular weight is 2190 g/mol. The molecule has 798 valence electrons. The first-order valence-corrected chi connectivity index (χ1v) is 54.9. The van der Waals surface area contributed by atoms with Crippen molar-refractivity contribution in [2.75, 3.05) is 163 Å². The number of fused-ring (bicyclic) bond motifs is 2. The maximum Gasteiger partial charge on any atom is 0.472 e. The highest BCUT2D eigenvalue weighted by Crippen LogP contribution is 2.58. The fourth-order valence-electron chi connectivity index (χ4n) is 16.4. The minimum Gasteiger partial charge on any atom is -0.387 e. The Labute approximate surface area is 832 Å². The van der Waals surface area contributed by atoms with Gasteiger partial charge in [-0.3, -0.25) is 64.3 Å². The minimum atomic E-state index is -5.91. The molecular weight excluding hydrogens is 2080 g/mol. The standard InChI is InChI=1S/C76H112N21O39P5S3/c1-11-40-41(22-47(126-40)96-34-86-48-63(80)82-32-84-65(48)96)132-139(108,142)124-30-45-52(57(118-19-14-113-8)70(129-45)94-25-38(4)62(79)90-75(94)102)134-137(104,105)121-28-43-51(56(117-18-13-112-7)69(128-43)93-24-37(3)61(78)89-74(93)101)133-138(106,107)122-29-44-53(59(120-21-16-115-10)72(131-44)97-35-87-49-64(81)83-33-85-66(49)97)135-141(110,144)125-31-46-54(58(119-20-15-114-9)71(130-46)95-26-39(5)67(99)91-76(95)103)136-140(109,143)123-27-42-50(98)55(116-17-12-111-6)68(127-42)92-23-36(2)60(77)88-73(92)100/h23-26,32-35,40-47,50-59,68-72,98H,11-22,27-31H2,1-10H3,(H,104,105)(H,106,107)(H,108,142)(H,109,143)(H,110,144)(H2,77,88,100)(H2,78,89,101)(H2,79,90,102)(H2,80,82,84)(H2,81,83,85)(H,91,99,103)/t40-,41-,42-,43-,44-,45-,46-,47-,50+,51+,52+,53+,54+,55?,56?,57?,58?,59?,68-,69-,70-,71-,72-,139?,140?,141?/m1/s1. The lowest BCUT2D eigenvalue weighted by Gasteiger charge is -2.30. The van der Waals surface area contributed by atoms with Gasteiger partial charge in [0.15, 0.2) is 54.1 Å². The van der Waals surface area contributed by atoms with Crippen LogP contribution in [0.25, 0.3) is 22.3 Å². The first-order valence-electron chi connectivity index (χ1n) is 44.2. The van der Waals surface area contributed by atoms with Crippen molar-refractivity contribution in [3.05, 3.63) is 125 Å². The highest BCUT2D eigenvalue weighted by atomic mass is 32.5. The van der Waals surface area contributed by atoms with E-state index in [-0.39, 0.29) is 123 Å². The summed E-state index contributed by atoms with van der Waals surface area (Å²) in [5, 5.41) is 11.8. The number of aromatic nitrogens is 16. The van der Waals surface area contributed by atoms with Crippen LogP contribution in [0, 0.1) is 27.7 Å². The monoisotopic (exact) mass is 2190 g/mol. The lowest BCUT2D eigenvalue weighted by molar-refractivity contribution is -0.0849. The number of phosphoric ester groups is 2. The summed E-state index contributed by atoms with van der Waals surface area (Å²) in [5.74, 6) is -0.489. The normalized spacial score (nSPS) is 29.3. The number of aliphatic hydroxyl groups is 1. The molecule has 0 aliphatic carbocycles. The summed E-state index contributed by atoms with van der Waals surface area (Å²) in [5.41, 5.74) is 27.1. The minimum absolute atomic E-state index is 0.00223. The molecule has 0 radical (unpaired) electrons. The van der Waals surface area contributed by atoms with Crippen LogP contribution in [0.4, 0.5) is 29.1 Å². The molecule has 0 amide bonds. The lowest BCUT2D eigenvalue weighted by atomic mass is 10.1. The van der Waals surface area contributed by atoms with Gasteiger partial charge in [0.05, 0.1) is 124 Å². The van der Waals surface area contributed by atoms with Gasteiger partial charge in [0.2, 0.25) is 0 Å². The van der Waals surface area contributed by atoms with E-state index < -0.39 is 245 Å². The Morgan fingerprint density at radius 2 is 0.715 bits per heavy atom.